The number of carboxylic acids is 1. The second kappa shape index (κ2) is 3.71. The standard InChI is InChI=1S/C7H11IO3/c8-5-7(6(9)10)1-3-11-4-2-7/h1-5H2,(H,9,10). The van der Waals surface area contributed by atoms with Crippen LogP contribution in [-0.4, -0.2) is 28.7 Å². The lowest BCUT2D eigenvalue weighted by Gasteiger charge is -2.30. The second-order valence-electron chi connectivity index (χ2n) is 2.83. The largest absolute Gasteiger partial charge is 0.481 e. The van der Waals surface area contributed by atoms with Crippen LogP contribution >= 0.6 is 22.6 Å². The summed E-state index contributed by atoms with van der Waals surface area (Å²) >= 11 is 2.14. The smallest absolute Gasteiger partial charge is 0.310 e. The van der Waals surface area contributed by atoms with Gasteiger partial charge in [0.2, 0.25) is 0 Å². The number of rotatable bonds is 2. The van der Waals surface area contributed by atoms with Crippen molar-refractivity contribution in [3.05, 3.63) is 0 Å². The molecule has 0 spiro atoms. The average Bonchev–Trinajstić information content (AvgIpc) is 2.05. The van der Waals surface area contributed by atoms with Crippen LogP contribution in [-0.2, 0) is 9.53 Å². The number of carboxylic acid groups (broad SMARTS) is 1. The van der Waals surface area contributed by atoms with Gasteiger partial charge >= 0.3 is 5.97 Å². The van der Waals surface area contributed by atoms with Gasteiger partial charge in [0.15, 0.2) is 0 Å². The Balaban J connectivity index is 2.64. The first-order chi connectivity index (χ1) is 5.21. The van der Waals surface area contributed by atoms with E-state index >= 15 is 0 Å². The molecule has 1 aliphatic rings. The number of hydrogen-bond acceptors (Lipinski definition) is 2. The van der Waals surface area contributed by atoms with E-state index in [1.54, 1.807) is 0 Å². The quantitative estimate of drug-likeness (QED) is 0.607. The zero-order chi connectivity index (χ0) is 8.32. The van der Waals surface area contributed by atoms with Crippen LogP contribution in [0.1, 0.15) is 12.8 Å². The third kappa shape index (κ3) is 1.84. The maximum atomic E-state index is 10.8. The fourth-order valence-corrected chi connectivity index (χ4v) is 2.26. The molecule has 0 unspecified atom stereocenters. The molecule has 11 heavy (non-hydrogen) atoms. The molecule has 64 valence electrons. The van der Waals surface area contributed by atoms with E-state index in [-0.39, 0.29) is 0 Å². The lowest BCUT2D eigenvalue weighted by Crippen LogP contribution is -2.38. The minimum Gasteiger partial charge on any atom is -0.481 e. The Morgan fingerprint density at radius 1 is 1.55 bits per heavy atom. The highest BCUT2D eigenvalue weighted by Gasteiger charge is 2.38. The van der Waals surface area contributed by atoms with Crippen molar-refractivity contribution in [3.8, 4) is 0 Å². The molecular formula is C7H11IO3. The topological polar surface area (TPSA) is 46.5 Å². The van der Waals surface area contributed by atoms with Crippen molar-refractivity contribution in [1.82, 2.24) is 0 Å². The van der Waals surface area contributed by atoms with E-state index < -0.39 is 11.4 Å². The van der Waals surface area contributed by atoms with Gasteiger partial charge in [-0.05, 0) is 12.8 Å². The third-order valence-electron chi connectivity index (χ3n) is 2.16. The third-order valence-corrected chi connectivity index (χ3v) is 3.62. The molecule has 1 fully saturated rings. The summed E-state index contributed by atoms with van der Waals surface area (Å²) in [4.78, 5) is 10.8. The minimum absolute atomic E-state index is 0.501. The van der Waals surface area contributed by atoms with E-state index in [4.69, 9.17) is 9.84 Å². The molecule has 0 bridgehead atoms. The first kappa shape index (κ1) is 9.25. The highest BCUT2D eigenvalue weighted by Crippen LogP contribution is 2.32. The highest BCUT2D eigenvalue weighted by molar-refractivity contribution is 14.1. The van der Waals surface area contributed by atoms with E-state index in [0.29, 0.717) is 30.5 Å². The minimum atomic E-state index is -0.671. The summed E-state index contributed by atoms with van der Waals surface area (Å²) < 4.78 is 5.79. The van der Waals surface area contributed by atoms with Crippen LogP contribution < -0.4 is 0 Å². The maximum absolute atomic E-state index is 10.8. The van der Waals surface area contributed by atoms with Gasteiger partial charge in [0.1, 0.15) is 0 Å². The van der Waals surface area contributed by atoms with Crippen molar-refractivity contribution < 1.29 is 14.6 Å². The van der Waals surface area contributed by atoms with Gasteiger partial charge in [0.05, 0.1) is 5.41 Å². The normalized spacial score (nSPS) is 23.0. The molecular weight excluding hydrogens is 259 g/mol. The van der Waals surface area contributed by atoms with Gasteiger partial charge in [-0.3, -0.25) is 4.79 Å². The molecule has 0 atom stereocenters. The fourth-order valence-electron chi connectivity index (χ4n) is 1.17. The van der Waals surface area contributed by atoms with Crippen molar-refractivity contribution in [3.63, 3.8) is 0 Å². The van der Waals surface area contributed by atoms with Gasteiger partial charge in [-0.15, -0.1) is 0 Å². The van der Waals surface area contributed by atoms with E-state index in [2.05, 4.69) is 22.6 Å². The molecule has 0 aromatic rings. The Morgan fingerprint density at radius 3 is 2.36 bits per heavy atom. The Bertz CT molecular complexity index is 152. The van der Waals surface area contributed by atoms with Crippen LogP contribution in [0.2, 0.25) is 0 Å². The monoisotopic (exact) mass is 270 g/mol. The summed E-state index contributed by atoms with van der Waals surface area (Å²) in [7, 11) is 0. The van der Waals surface area contributed by atoms with Crippen LogP contribution in [0.5, 0.6) is 0 Å². The molecule has 1 saturated heterocycles. The molecule has 1 aliphatic heterocycles. The van der Waals surface area contributed by atoms with Gasteiger partial charge in [0.25, 0.3) is 0 Å². The van der Waals surface area contributed by atoms with Crippen molar-refractivity contribution in [1.29, 1.82) is 0 Å². The molecule has 1 heterocycles. The predicted molar refractivity (Wildman–Crippen MR) is 49.0 cm³/mol. The summed E-state index contributed by atoms with van der Waals surface area (Å²) in [5.41, 5.74) is -0.501. The van der Waals surface area contributed by atoms with E-state index in [1.165, 1.54) is 0 Å². The summed E-state index contributed by atoms with van der Waals surface area (Å²) in [6.45, 7) is 1.19. The molecule has 1 N–H and O–H groups in total. The maximum Gasteiger partial charge on any atom is 0.310 e. The number of halogens is 1. The first-order valence-electron chi connectivity index (χ1n) is 3.58. The first-order valence-corrected chi connectivity index (χ1v) is 5.11. The van der Waals surface area contributed by atoms with Crippen molar-refractivity contribution in [2.24, 2.45) is 5.41 Å². The van der Waals surface area contributed by atoms with Crippen LogP contribution in [0.15, 0.2) is 0 Å². The number of ether oxygens (including phenoxy) is 1. The number of carbonyl (C=O) groups is 1. The highest BCUT2D eigenvalue weighted by atomic mass is 127. The molecule has 0 aromatic carbocycles. The molecule has 0 radical (unpaired) electrons. The van der Waals surface area contributed by atoms with Crippen LogP contribution in [0, 0.1) is 5.41 Å². The summed E-state index contributed by atoms with van der Waals surface area (Å²) in [6.07, 6.45) is 1.32. The van der Waals surface area contributed by atoms with Gasteiger partial charge in [-0.1, -0.05) is 22.6 Å². The van der Waals surface area contributed by atoms with E-state index in [0.717, 1.165) is 0 Å². The molecule has 0 amide bonds. The Morgan fingerprint density at radius 2 is 2.09 bits per heavy atom. The van der Waals surface area contributed by atoms with Crippen molar-refractivity contribution in [2.75, 3.05) is 17.6 Å². The van der Waals surface area contributed by atoms with Crippen LogP contribution in [0.4, 0.5) is 0 Å². The Kier molecular flexibility index (Phi) is 3.12. The van der Waals surface area contributed by atoms with Gasteiger partial charge in [-0.25, -0.2) is 0 Å². The Hall–Kier alpha value is 0.160. The zero-order valence-electron chi connectivity index (χ0n) is 6.18. The van der Waals surface area contributed by atoms with Gasteiger partial charge in [-0.2, -0.15) is 0 Å². The van der Waals surface area contributed by atoms with E-state index in [1.807, 2.05) is 0 Å². The summed E-state index contributed by atoms with van der Waals surface area (Å²) in [5.74, 6) is -0.671. The van der Waals surface area contributed by atoms with Gasteiger partial charge in [0, 0.05) is 17.6 Å². The fraction of sp³-hybridized carbons (Fsp3) is 0.857. The molecule has 0 aromatic heterocycles. The average molecular weight is 270 g/mol. The number of aliphatic carboxylic acids is 1. The summed E-state index contributed by atoms with van der Waals surface area (Å²) in [5, 5.41) is 8.93. The molecule has 0 aliphatic carbocycles. The SMILES string of the molecule is O=C(O)C1(CI)CCOCC1. The summed E-state index contributed by atoms with van der Waals surface area (Å²) in [6, 6.07) is 0. The van der Waals surface area contributed by atoms with E-state index in [9.17, 15) is 4.79 Å². The molecule has 4 heteroatoms. The zero-order valence-corrected chi connectivity index (χ0v) is 8.33. The molecule has 3 nitrogen and oxygen atoms in total. The number of alkyl halides is 1. The lowest BCUT2D eigenvalue weighted by atomic mass is 9.83. The molecule has 1 rings (SSSR count). The van der Waals surface area contributed by atoms with Crippen molar-refractivity contribution in [2.45, 2.75) is 12.8 Å². The van der Waals surface area contributed by atoms with Crippen molar-refractivity contribution >= 4 is 28.6 Å². The number of hydrogen-bond donors (Lipinski definition) is 1. The second-order valence-corrected chi connectivity index (χ2v) is 3.59. The van der Waals surface area contributed by atoms with Crippen LogP contribution in [0.25, 0.3) is 0 Å². The molecule has 0 saturated carbocycles. The van der Waals surface area contributed by atoms with Gasteiger partial charge < -0.3 is 9.84 Å². The lowest BCUT2D eigenvalue weighted by molar-refractivity contribution is -0.152. The predicted octanol–water partition coefficient (Wildman–Crippen LogP) is 1.30. The Labute approximate surface area is 79.3 Å². The van der Waals surface area contributed by atoms with Crippen LogP contribution in [0.3, 0.4) is 0 Å².